The zero-order valence-corrected chi connectivity index (χ0v) is 10.9. The Kier molecular flexibility index (Phi) is 4.43. The summed E-state index contributed by atoms with van der Waals surface area (Å²) in [5.41, 5.74) is 1.36. The summed E-state index contributed by atoms with van der Waals surface area (Å²) < 4.78 is 5.87. The van der Waals surface area contributed by atoms with E-state index in [0.717, 1.165) is 24.6 Å². The Labute approximate surface area is 104 Å². The molecule has 1 unspecified atom stereocenters. The molecular weight excluding hydrogens is 210 g/mol. The van der Waals surface area contributed by atoms with Gasteiger partial charge in [0.2, 0.25) is 0 Å². The van der Waals surface area contributed by atoms with E-state index in [1.165, 1.54) is 24.9 Å². The van der Waals surface area contributed by atoms with E-state index in [4.69, 9.17) is 4.74 Å². The Balaban J connectivity index is 2.03. The van der Waals surface area contributed by atoms with Crippen molar-refractivity contribution in [1.82, 2.24) is 5.32 Å². The lowest BCUT2D eigenvalue weighted by molar-refractivity contribution is 0.238. The van der Waals surface area contributed by atoms with E-state index in [0.29, 0.717) is 0 Å². The smallest absolute Gasteiger partial charge is 0.122 e. The Morgan fingerprint density at radius 3 is 2.88 bits per heavy atom. The molecule has 2 heteroatoms. The highest BCUT2D eigenvalue weighted by molar-refractivity contribution is 5.33. The molecule has 2 rings (SSSR count). The van der Waals surface area contributed by atoms with E-state index < -0.39 is 0 Å². The van der Waals surface area contributed by atoms with Crippen LogP contribution in [0.4, 0.5) is 0 Å². The summed E-state index contributed by atoms with van der Waals surface area (Å²) in [6.45, 7) is 6.49. The van der Waals surface area contributed by atoms with Gasteiger partial charge < -0.3 is 10.1 Å². The van der Waals surface area contributed by atoms with Crippen molar-refractivity contribution in [3.8, 4) is 5.75 Å². The number of para-hydroxylation sites is 1. The molecule has 17 heavy (non-hydrogen) atoms. The quantitative estimate of drug-likeness (QED) is 0.863. The summed E-state index contributed by atoms with van der Waals surface area (Å²) in [6, 6.07) is 8.46. The van der Waals surface area contributed by atoms with Crippen LogP contribution in [0.1, 0.15) is 32.3 Å². The van der Waals surface area contributed by atoms with Crippen molar-refractivity contribution in [1.29, 1.82) is 0 Å². The predicted octanol–water partition coefficient (Wildman–Crippen LogP) is 3.02. The molecule has 0 spiro atoms. The molecule has 1 saturated heterocycles. The van der Waals surface area contributed by atoms with Crippen LogP contribution in [0.25, 0.3) is 0 Å². The van der Waals surface area contributed by atoms with E-state index in [-0.39, 0.29) is 6.10 Å². The zero-order chi connectivity index (χ0) is 12.1. The van der Waals surface area contributed by atoms with Crippen molar-refractivity contribution in [2.45, 2.75) is 39.2 Å². The first-order valence-corrected chi connectivity index (χ1v) is 6.71. The van der Waals surface area contributed by atoms with E-state index in [2.05, 4.69) is 43.4 Å². The van der Waals surface area contributed by atoms with Crippen molar-refractivity contribution in [2.75, 3.05) is 13.1 Å². The summed E-state index contributed by atoms with van der Waals surface area (Å²) >= 11 is 0. The molecule has 1 atom stereocenters. The number of rotatable bonds is 4. The average molecular weight is 233 g/mol. The number of hydrogen-bond acceptors (Lipinski definition) is 2. The number of piperidine rings is 1. The summed E-state index contributed by atoms with van der Waals surface area (Å²) in [4.78, 5) is 0. The molecule has 1 fully saturated rings. The Morgan fingerprint density at radius 2 is 2.18 bits per heavy atom. The van der Waals surface area contributed by atoms with E-state index >= 15 is 0 Å². The van der Waals surface area contributed by atoms with Gasteiger partial charge in [0, 0.05) is 0 Å². The number of ether oxygens (including phenoxy) is 1. The molecule has 1 aliphatic heterocycles. The first-order valence-electron chi connectivity index (χ1n) is 6.71. The second-order valence-electron chi connectivity index (χ2n) is 5.19. The van der Waals surface area contributed by atoms with Crippen molar-refractivity contribution in [3.05, 3.63) is 29.8 Å². The van der Waals surface area contributed by atoms with E-state index in [1.807, 2.05) is 0 Å². The fraction of sp³-hybridized carbons (Fsp3) is 0.600. The Hall–Kier alpha value is -1.02. The lowest BCUT2D eigenvalue weighted by Crippen LogP contribution is -2.31. The lowest BCUT2D eigenvalue weighted by Gasteiger charge is -2.24. The van der Waals surface area contributed by atoms with Gasteiger partial charge in [0.25, 0.3) is 0 Å². The van der Waals surface area contributed by atoms with Crippen molar-refractivity contribution in [2.24, 2.45) is 5.92 Å². The molecule has 0 amide bonds. The van der Waals surface area contributed by atoms with Gasteiger partial charge in [0.15, 0.2) is 0 Å². The molecular formula is C15H23NO. The highest BCUT2D eigenvalue weighted by Gasteiger charge is 2.15. The maximum atomic E-state index is 5.87. The zero-order valence-electron chi connectivity index (χ0n) is 10.9. The lowest BCUT2D eigenvalue weighted by atomic mass is 9.92. The third-order valence-electron chi connectivity index (χ3n) is 3.24. The average Bonchev–Trinajstić information content (AvgIpc) is 2.32. The van der Waals surface area contributed by atoms with Gasteiger partial charge in [-0.25, -0.2) is 0 Å². The highest BCUT2D eigenvalue weighted by atomic mass is 16.5. The Bertz CT molecular complexity index is 343. The third kappa shape index (κ3) is 3.74. The molecule has 0 aliphatic carbocycles. The molecule has 1 aromatic rings. The van der Waals surface area contributed by atoms with Crippen LogP contribution in [0, 0.1) is 5.92 Å². The first-order chi connectivity index (χ1) is 8.25. The van der Waals surface area contributed by atoms with Gasteiger partial charge >= 0.3 is 0 Å². The molecule has 1 heterocycles. The SMILES string of the molecule is CC(C)Oc1ccccc1CC1CCCNC1. The molecule has 1 N–H and O–H groups in total. The molecule has 0 aromatic heterocycles. The monoisotopic (exact) mass is 233 g/mol. The minimum absolute atomic E-state index is 0.251. The third-order valence-corrected chi connectivity index (χ3v) is 3.24. The van der Waals surface area contributed by atoms with Crippen LogP contribution in [0.5, 0.6) is 5.75 Å². The number of benzene rings is 1. The summed E-state index contributed by atoms with van der Waals surface area (Å²) in [7, 11) is 0. The van der Waals surface area contributed by atoms with Gasteiger partial charge in [-0.3, -0.25) is 0 Å². The van der Waals surface area contributed by atoms with Gasteiger partial charge in [-0.1, -0.05) is 18.2 Å². The maximum absolute atomic E-state index is 5.87. The first kappa shape index (κ1) is 12.4. The van der Waals surface area contributed by atoms with Crippen molar-refractivity contribution < 1.29 is 4.74 Å². The highest BCUT2D eigenvalue weighted by Crippen LogP contribution is 2.24. The summed E-state index contributed by atoms with van der Waals surface area (Å²) in [5, 5.41) is 3.47. The van der Waals surface area contributed by atoms with E-state index in [9.17, 15) is 0 Å². The van der Waals surface area contributed by atoms with Crippen LogP contribution in [0.3, 0.4) is 0 Å². The normalized spacial score (nSPS) is 20.5. The second-order valence-corrected chi connectivity index (χ2v) is 5.19. The Morgan fingerprint density at radius 1 is 1.35 bits per heavy atom. The van der Waals surface area contributed by atoms with Crippen LogP contribution in [-0.4, -0.2) is 19.2 Å². The predicted molar refractivity (Wildman–Crippen MR) is 71.5 cm³/mol. The summed E-state index contributed by atoms with van der Waals surface area (Å²) in [5.74, 6) is 1.83. The van der Waals surface area contributed by atoms with Crippen LogP contribution < -0.4 is 10.1 Å². The van der Waals surface area contributed by atoms with Crippen LogP contribution in [0.2, 0.25) is 0 Å². The van der Waals surface area contributed by atoms with Crippen LogP contribution in [0.15, 0.2) is 24.3 Å². The maximum Gasteiger partial charge on any atom is 0.122 e. The summed E-state index contributed by atoms with van der Waals surface area (Å²) in [6.07, 6.45) is 4.03. The van der Waals surface area contributed by atoms with E-state index in [1.54, 1.807) is 0 Å². The molecule has 0 bridgehead atoms. The molecule has 2 nitrogen and oxygen atoms in total. The van der Waals surface area contributed by atoms with Gasteiger partial charge in [0.05, 0.1) is 6.10 Å². The molecule has 0 saturated carbocycles. The van der Waals surface area contributed by atoms with Gasteiger partial charge in [0.1, 0.15) is 5.75 Å². The van der Waals surface area contributed by atoms with Gasteiger partial charge in [-0.05, 0) is 63.7 Å². The minimum atomic E-state index is 0.251. The van der Waals surface area contributed by atoms with Crippen molar-refractivity contribution >= 4 is 0 Å². The van der Waals surface area contributed by atoms with Crippen molar-refractivity contribution in [3.63, 3.8) is 0 Å². The fourth-order valence-corrected chi connectivity index (χ4v) is 2.45. The molecule has 94 valence electrons. The second kappa shape index (κ2) is 6.06. The number of nitrogens with one attached hydrogen (secondary N) is 1. The van der Waals surface area contributed by atoms with Gasteiger partial charge in [-0.15, -0.1) is 0 Å². The van der Waals surface area contributed by atoms with Gasteiger partial charge in [-0.2, -0.15) is 0 Å². The molecule has 1 aromatic carbocycles. The topological polar surface area (TPSA) is 21.3 Å². The largest absolute Gasteiger partial charge is 0.491 e. The standard InChI is InChI=1S/C15H23NO/c1-12(2)17-15-8-4-3-7-14(15)10-13-6-5-9-16-11-13/h3-4,7-8,12-13,16H,5-6,9-11H2,1-2H3. The molecule has 0 radical (unpaired) electrons. The molecule has 1 aliphatic rings. The fourth-order valence-electron chi connectivity index (χ4n) is 2.45. The van der Waals surface area contributed by atoms with Crippen LogP contribution in [-0.2, 0) is 6.42 Å². The van der Waals surface area contributed by atoms with Crippen LogP contribution >= 0.6 is 0 Å². The minimum Gasteiger partial charge on any atom is -0.491 e. The number of hydrogen-bond donors (Lipinski definition) is 1.